The number of esters is 1. The van der Waals surface area contributed by atoms with Gasteiger partial charge >= 0.3 is 5.97 Å². The Labute approximate surface area is 108 Å². The van der Waals surface area contributed by atoms with Crippen molar-refractivity contribution in [3.8, 4) is 0 Å². The molecule has 2 amide bonds. The van der Waals surface area contributed by atoms with Gasteiger partial charge in [0, 0.05) is 13.0 Å². The highest BCUT2D eigenvalue weighted by molar-refractivity contribution is 5.99. The van der Waals surface area contributed by atoms with E-state index >= 15 is 0 Å². The van der Waals surface area contributed by atoms with Crippen LogP contribution in [0.1, 0.15) is 16.9 Å². The normalized spacial score (nSPS) is 18.5. The molecule has 1 atom stereocenters. The first-order valence-corrected chi connectivity index (χ1v) is 5.54. The minimum Gasteiger partial charge on any atom is -0.464 e. The predicted octanol–water partition coefficient (Wildman–Crippen LogP) is -0.899. The zero-order valence-electron chi connectivity index (χ0n) is 10.2. The van der Waals surface area contributed by atoms with Gasteiger partial charge in [0.1, 0.15) is 0 Å². The highest BCUT2D eigenvalue weighted by Crippen LogP contribution is 2.22. The maximum Gasteiger partial charge on any atom is 0.358 e. The summed E-state index contributed by atoms with van der Waals surface area (Å²) in [5, 5.41) is 7.44. The van der Waals surface area contributed by atoms with Crippen LogP contribution < -0.4 is 10.6 Å². The zero-order chi connectivity index (χ0) is 14.0. The minimum absolute atomic E-state index is 0.0457. The van der Waals surface area contributed by atoms with Crippen LogP contribution in [0.4, 0.5) is 5.82 Å². The van der Waals surface area contributed by atoms with Crippen LogP contribution in [0, 0.1) is 5.92 Å². The molecule has 0 aromatic carbocycles. The summed E-state index contributed by atoms with van der Waals surface area (Å²) in [6, 6.07) is 2.87. The van der Waals surface area contributed by atoms with E-state index in [1.807, 2.05) is 0 Å². The second-order valence-corrected chi connectivity index (χ2v) is 4.08. The van der Waals surface area contributed by atoms with Gasteiger partial charge in [0.25, 0.3) is 0 Å². The van der Waals surface area contributed by atoms with E-state index in [0.29, 0.717) is 0 Å². The molecule has 1 unspecified atom stereocenters. The number of aromatic nitrogens is 2. The number of ether oxygens (including phenoxy) is 1. The third-order valence-electron chi connectivity index (χ3n) is 2.85. The van der Waals surface area contributed by atoms with Crippen LogP contribution in [0.15, 0.2) is 12.1 Å². The largest absolute Gasteiger partial charge is 0.464 e. The van der Waals surface area contributed by atoms with Crippen molar-refractivity contribution in [2.45, 2.75) is 6.42 Å². The summed E-state index contributed by atoms with van der Waals surface area (Å²) in [5.41, 5.74) is 5.21. The topological polar surface area (TPSA) is 115 Å². The minimum atomic E-state index is -0.609. The summed E-state index contributed by atoms with van der Waals surface area (Å²) in [5.74, 6) is -1.61. The summed E-state index contributed by atoms with van der Waals surface area (Å²) in [6.07, 6.45) is 0.0652. The lowest BCUT2D eigenvalue weighted by Crippen LogP contribution is -2.29. The lowest BCUT2D eigenvalue weighted by Gasteiger charge is -2.14. The molecule has 0 saturated carbocycles. The lowest BCUT2D eigenvalue weighted by molar-refractivity contribution is -0.123. The summed E-state index contributed by atoms with van der Waals surface area (Å²) >= 11 is 0. The van der Waals surface area contributed by atoms with Crippen molar-refractivity contribution in [3.63, 3.8) is 0 Å². The monoisotopic (exact) mass is 264 g/mol. The van der Waals surface area contributed by atoms with Gasteiger partial charge in [-0.25, -0.2) is 4.79 Å². The Morgan fingerprint density at radius 2 is 2.16 bits per heavy atom. The van der Waals surface area contributed by atoms with Crippen LogP contribution >= 0.6 is 0 Å². The van der Waals surface area contributed by atoms with Crippen LogP contribution in [-0.4, -0.2) is 41.6 Å². The Hall–Kier alpha value is -2.51. The maximum atomic E-state index is 11.7. The summed E-state index contributed by atoms with van der Waals surface area (Å²) in [7, 11) is 1.24. The highest BCUT2D eigenvalue weighted by atomic mass is 16.5. The van der Waals surface area contributed by atoms with Crippen LogP contribution in [-0.2, 0) is 14.3 Å². The van der Waals surface area contributed by atoms with E-state index in [4.69, 9.17) is 5.73 Å². The number of amides is 2. The SMILES string of the molecule is COC(=O)c1ccc(N2CC(C(N)=O)CC2=O)nn1. The van der Waals surface area contributed by atoms with Crippen LogP contribution in [0.3, 0.4) is 0 Å². The van der Waals surface area contributed by atoms with Gasteiger partial charge in [-0.1, -0.05) is 0 Å². The molecule has 19 heavy (non-hydrogen) atoms. The van der Waals surface area contributed by atoms with Crippen molar-refractivity contribution >= 4 is 23.6 Å². The second-order valence-electron chi connectivity index (χ2n) is 4.08. The van der Waals surface area contributed by atoms with E-state index in [0.717, 1.165) is 0 Å². The van der Waals surface area contributed by atoms with Crippen molar-refractivity contribution in [3.05, 3.63) is 17.8 Å². The molecular weight excluding hydrogens is 252 g/mol. The number of hydrogen-bond donors (Lipinski definition) is 1. The molecule has 2 rings (SSSR count). The van der Waals surface area contributed by atoms with Gasteiger partial charge in [-0.2, -0.15) is 0 Å². The molecule has 2 N–H and O–H groups in total. The Bertz CT molecular complexity index is 528. The Morgan fingerprint density at radius 1 is 1.42 bits per heavy atom. The number of carbonyl (C=O) groups is 3. The molecule has 0 aliphatic carbocycles. The molecule has 8 heteroatoms. The summed E-state index contributed by atoms with van der Waals surface area (Å²) in [4.78, 5) is 35.3. The third kappa shape index (κ3) is 2.51. The van der Waals surface area contributed by atoms with Crippen molar-refractivity contribution in [2.24, 2.45) is 11.7 Å². The average molecular weight is 264 g/mol. The first kappa shape index (κ1) is 12.9. The van der Waals surface area contributed by atoms with E-state index in [1.165, 1.54) is 24.1 Å². The van der Waals surface area contributed by atoms with Crippen LogP contribution in [0.5, 0.6) is 0 Å². The molecule has 0 bridgehead atoms. The lowest BCUT2D eigenvalue weighted by atomic mass is 10.1. The number of nitrogens with two attached hydrogens (primary N) is 1. The summed E-state index contributed by atoms with van der Waals surface area (Å²) < 4.78 is 4.49. The summed E-state index contributed by atoms with van der Waals surface area (Å²) in [6.45, 7) is 0.181. The standard InChI is InChI=1S/C11H12N4O4/c1-19-11(18)7-2-3-8(14-13-7)15-5-6(10(12)17)4-9(15)16/h2-3,6H,4-5H2,1H3,(H2,12,17). The molecule has 100 valence electrons. The van der Waals surface area contributed by atoms with Crippen LogP contribution in [0.25, 0.3) is 0 Å². The maximum absolute atomic E-state index is 11.7. The molecule has 1 aliphatic rings. The molecule has 8 nitrogen and oxygen atoms in total. The van der Waals surface area contributed by atoms with E-state index in [2.05, 4.69) is 14.9 Å². The van der Waals surface area contributed by atoms with Crippen molar-refractivity contribution in [2.75, 3.05) is 18.6 Å². The first-order valence-electron chi connectivity index (χ1n) is 5.54. The molecule has 1 aromatic rings. The van der Waals surface area contributed by atoms with Gasteiger partial charge in [0.05, 0.1) is 13.0 Å². The number of nitrogens with zero attached hydrogens (tertiary/aromatic N) is 3. The van der Waals surface area contributed by atoms with E-state index < -0.39 is 17.8 Å². The number of hydrogen-bond acceptors (Lipinski definition) is 6. The molecule has 1 aromatic heterocycles. The van der Waals surface area contributed by atoms with Crippen LogP contribution in [0.2, 0.25) is 0 Å². The molecule has 0 radical (unpaired) electrons. The number of anilines is 1. The fourth-order valence-corrected chi connectivity index (χ4v) is 1.80. The molecule has 2 heterocycles. The number of methoxy groups -OCH3 is 1. The zero-order valence-corrected chi connectivity index (χ0v) is 10.2. The van der Waals surface area contributed by atoms with Gasteiger partial charge in [0.15, 0.2) is 11.5 Å². The van der Waals surface area contributed by atoms with Gasteiger partial charge in [0.2, 0.25) is 11.8 Å². The van der Waals surface area contributed by atoms with Crippen molar-refractivity contribution in [1.29, 1.82) is 0 Å². The Balaban J connectivity index is 2.17. The fourth-order valence-electron chi connectivity index (χ4n) is 1.80. The first-order chi connectivity index (χ1) is 9.02. The number of carbonyl (C=O) groups excluding carboxylic acids is 3. The third-order valence-corrected chi connectivity index (χ3v) is 2.85. The Kier molecular flexibility index (Phi) is 3.41. The van der Waals surface area contributed by atoms with Crippen molar-refractivity contribution < 1.29 is 19.1 Å². The smallest absolute Gasteiger partial charge is 0.358 e. The predicted molar refractivity (Wildman–Crippen MR) is 63.0 cm³/mol. The van der Waals surface area contributed by atoms with Gasteiger partial charge in [-0.05, 0) is 12.1 Å². The van der Waals surface area contributed by atoms with E-state index in [1.54, 1.807) is 0 Å². The van der Waals surface area contributed by atoms with Gasteiger partial charge in [-0.15, -0.1) is 10.2 Å². The highest BCUT2D eigenvalue weighted by Gasteiger charge is 2.34. The molecule has 0 spiro atoms. The van der Waals surface area contributed by atoms with Gasteiger partial charge < -0.3 is 10.5 Å². The molecule has 1 saturated heterocycles. The number of rotatable bonds is 3. The second kappa shape index (κ2) is 5.01. The van der Waals surface area contributed by atoms with E-state index in [-0.39, 0.29) is 30.4 Å². The van der Waals surface area contributed by atoms with Gasteiger partial charge in [-0.3, -0.25) is 14.5 Å². The average Bonchev–Trinajstić information content (AvgIpc) is 2.80. The molecule has 1 fully saturated rings. The number of primary amides is 1. The quantitative estimate of drug-likeness (QED) is 0.707. The molecule has 1 aliphatic heterocycles. The van der Waals surface area contributed by atoms with E-state index in [9.17, 15) is 14.4 Å². The molecular formula is C11H12N4O4. The fraction of sp³-hybridized carbons (Fsp3) is 0.364. The Morgan fingerprint density at radius 3 is 2.63 bits per heavy atom. The van der Waals surface area contributed by atoms with Crippen molar-refractivity contribution in [1.82, 2.24) is 10.2 Å².